The zero-order valence-corrected chi connectivity index (χ0v) is 16.4. The van der Waals surface area contributed by atoms with Crippen LogP contribution in [0.15, 0.2) is 66.8 Å². The lowest BCUT2D eigenvalue weighted by molar-refractivity contribution is 0.166. The molecular formula is C22H31N5. The molecule has 0 atom stereocenters. The molecule has 27 heavy (non-hydrogen) atoms. The molecular weight excluding hydrogens is 334 g/mol. The Kier molecular flexibility index (Phi) is 6.60. The summed E-state index contributed by atoms with van der Waals surface area (Å²) in [6.07, 6.45) is 9.58. The minimum atomic E-state index is 0. The van der Waals surface area contributed by atoms with E-state index in [1.165, 1.54) is 11.3 Å². The first-order chi connectivity index (χ1) is 13.2. The van der Waals surface area contributed by atoms with Gasteiger partial charge in [-0.05, 0) is 37.2 Å². The number of likely N-dealkylation sites (N-methyl/N-ethyl adjacent to an activating group) is 1. The van der Waals surface area contributed by atoms with Crippen molar-refractivity contribution in [3.8, 4) is 0 Å². The third-order valence-electron chi connectivity index (χ3n) is 5.02. The molecule has 0 saturated carbocycles. The normalized spacial score (nSPS) is 16.6. The molecule has 2 heterocycles. The highest BCUT2D eigenvalue weighted by molar-refractivity contribution is 5.74. The summed E-state index contributed by atoms with van der Waals surface area (Å²) < 4.78 is 0. The number of allylic oxidation sites excluding steroid dienone is 3. The Hall–Kier alpha value is -2.66. The summed E-state index contributed by atoms with van der Waals surface area (Å²) in [5, 5.41) is 3.60. The van der Waals surface area contributed by atoms with Crippen molar-refractivity contribution in [1.29, 1.82) is 0 Å². The standard InChI is InChI=1S/C22H29N5.H2/c1-4-7-22(27-14-12-26(6-3)13-15-27)19(5-2)25-17-18-8-9-20-21(16-18)24-11-10-23-20;/h4-5,7-11,16,25H,1,6,12-15,17H2,2-3H3;1H/b19-5+,22-7+;. The zero-order valence-electron chi connectivity index (χ0n) is 16.4. The number of hydrogen-bond donors (Lipinski definition) is 1. The number of benzene rings is 1. The number of nitrogens with one attached hydrogen (secondary N) is 1. The van der Waals surface area contributed by atoms with Gasteiger partial charge in [0, 0.05) is 46.5 Å². The van der Waals surface area contributed by atoms with Crippen LogP contribution in [0, 0.1) is 0 Å². The van der Waals surface area contributed by atoms with E-state index in [2.05, 4.69) is 69.8 Å². The first-order valence-electron chi connectivity index (χ1n) is 9.65. The van der Waals surface area contributed by atoms with E-state index in [1.54, 1.807) is 12.4 Å². The van der Waals surface area contributed by atoms with Gasteiger partial charge in [-0.2, -0.15) is 0 Å². The van der Waals surface area contributed by atoms with Gasteiger partial charge in [0.05, 0.1) is 22.4 Å². The molecule has 1 aromatic carbocycles. The average molecular weight is 366 g/mol. The molecule has 144 valence electrons. The van der Waals surface area contributed by atoms with Crippen LogP contribution < -0.4 is 5.32 Å². The molecule has 0 amide bonds. The Labute approximate surface area is 163 Å². The van der Waals surface area contributed by atoms with Crippen LogP contribution in [0.2, 0.25) is 0 Å². The van der Waals surface area contributed by atoms with Gasteiger partial charge in [0.25, 0.3) is 0 Å². The van der Waals surface area contributed by atoms with E-state index in [0.717, 1.165) is 56.0 Å². The predicted octanol–water partition coefficient (Wildman–Crippen LogP) is 3.58. The molecule has 1 N–H and O–H groups in total. The molecule has 3 rings (SSSR count). The first-order valence-corrected chi connectivity index (χ1v) is 9.65. The molecule has 2 aromatic rings. The van der Waals surface area contributed by atoms with Crippen LogP contribution in [0.3, 0.4) is 0 Å². The number of nitrogens with zero attached hydrogens (tertiary/aromatic N) is 4. The van der Waals surface area contributed by atoms with Gasteiger partial charge in [-0.25, -0.2) is 0 Å². The van der Waals surface area contributed by atoms with Crippen molar-refractivity contribution in [2.75, 3.05) is 32.7 Å². The van der Waals surface area contributed by atoms with Crippen molar-refractivity contribution >= 4 is 11.0 Å². The molecule has 0 radical (unpaired) electrons. The molecule has 0 unspecified atom stereocenters. The van der Waals surface area contributed by atoms with E-state index in [-0.39, 0.29) is 1.43 Å². The van der Waals surface area contributed by atoms with Gasteiger partial charge in [-0.3, -0.25) is 9.97 Å². The summed E-state index contributed by atoms with van der Waals surface area (Å²) in [5.74, 6) is 0. The second kappa shape index (κ2) is 9.33. The van der Waals surface area contributed by atoms with Crippen molar-refractivity contribution < 1.29 is 1.43 Å². The maximum atomic E-state index is 4.40. The van der Waals surface area contributed by atoms with Crippen LogP contribution in [-0.4, -0.2) is 52.5 Å². The van der Waals surface area contributed by atoms with Crippen molar-refractivity contribution in [1.82, 2.24) is 25.1 Å². The van der Waals surface area contributed by atoms with Crippen molar-refractivity contribution in [2.24, 2.45) is 0 Å². The van der Waals surface area contributed by atoms with Crippen molar-refractivity contribution in [2.45, 2.75) is 20.4 Å². The van der Waals surface area contributed by atoms with E-state index in [1.807, 2.05) is 12.1 Å². The summed E-state index contributed by atoms with van der Waals surface area (Å²) in [7, 11) is 0. The van der Waals surface area contributed by atoms with Gasteiger partial charge in [0.15, 0.2) is 0 Å². The summed E-state index contributed by atoms with van der Waals surface area (Å²) in [6.45, 7) is 14.4. The molecule has 1 fully saturated rings. The molecule has 1 aromatic heterocycles. The van der Waals surface area contributed by atoms with Crippen LogP contribution >= 0.6 is 0 Å². The Balaban J connectivity index is 0.00000280. The van der Waals surface area contributed by atoms with Gasteiger partial charge in [-0.15, -0.1) is 0 Å². The third kappa shape index (κ3) is 4.74. The first kappa shape index (κ1) is 19.1. The number of piperazine rings is 1. The van der Waals surface area contributed by atoms with Gasteiger partial charge in [0.1, 0.15) is 0 Å². The van der Waals surface area contributed by atoms with Crippen LogP contribution in [0.25, 0.3) is 11.0 Å². The monoisotopic (exact) mass is 365 g/mol. The van der Waals surface area contributed by atoms with Gasteiger partial charge < -0.3 is 15.1 Å². The number of rotatable bonds is 7. The molecule has 5 nitrogen and oxygen atoms in total. The number of aromatic nitrogens is 2. The highest BCUT2D eigenvalue weighted by Crippen LogP contribution is 2.18. The highest BCUT2D eigenvalue weighted by Gasteiger charge is 2.19. The van der Waals surface area contributed by atoms with Gasteiger partial charge in [0.2, 0.25) is 0 Å². The van der Waals surface area contributed by atoms with E-state index in [4.69, 9.17) is 0 Å². The molecule has 0 spiro atoms. The minimum Gasteiger partial charge on any atom is -0.380 e. The maximum Gasteiger partial charge on any atom is 0.0890 e. The summed E-state index contributed by atoms with van der Waals surface area (Å²) in [5.41, 5.74) is 5.39. The van der Waals surface area contributed by atoms with Gasteiger partial charge >= 0.3 is 0 Å². The Morgan fingerprint density at radius 1 is 1.19 bits per heavy atom. The summed E-state index contributed by atoms with van der Waals surface area (Å²) in [6, 6.07) is 6.23. The van der Waals surface area contributed by atoms with Crippen LogP contribution in [0.1, 0.15) is 20.8 Å². The lowest BCUT2D eigenvalue weighted by Gasteiger charge is -2.37. The van der Waals surface area contributed by atoms with E-state index < -0.39 is 0 Å². The smallest absolute Gasteiger partial charge is 0.0890 e. The lowest BCUT2D eigenvalue weighted by Crippen LogP contribution is -2.46. The van der Waals surface area contributed by atoms with E-state index in [0.29, 0.717) is 0 Å². The molecule has 0 bridgehead atoms. The second-order valence-corrected chi connectivity index (χ2v) is 6.64. The fourth-order valence-electron chi connectivity index (χ4n) is 3.44. The fourth-order valence-corrected chi connectivity index (χ4v) is 3.44. The minimum absolute atomic E-state index is 0. The largest absolute Gasteiger partial charge is 0.380 e. The molecule has 1 aliphatic heterocycles. The van der Waals surface area contributed by atoms with Gasteiger partial charge in [-0.1, -0.05) is 31.7 Å². The summed E-state index contributed by atoms with van der Waals surface area (Å²) in [4.78, 5) is 13.7. The highest BCUT2D eigenvalue weighted by atomic mass is 15.3. The average Bonchev–Trinajstić information content (AvgIpc) is 2.73. The predicted molar refractivity (Wildman–Crippen MR) is 114 cm³/mol. The topological polar surface area (TPSA) is 44.3 Å². The third-order valence-corrected chi connectivity index (χ3v) is 5.02. The number of fused-ring (bicyclic) bond motifs is 1. The quantitative estimate of drug-likeness (QED) is 0.760. The Morgan fingerprint density at radius 2 is 1.93 bits per heavy atom. The van der Waals surface area contributed by atoms with Crippen LogP contribution in [0.4, 0.5) is 0 Å². The van der Waals surface area contributed by atoms with E-state index >= 15 is 0 Å². The molecule has 0 aliphatic carbocycles. The lowest BCUT2D eigenvalue weighted by atomic mass is 10.1. The zero-order chi connectivity index (χ0) is 19.1. The Morgan fingerprint density at radius 3 is 2.59 bits per heavy atom. The Bertz CT molecular complexity index is 838. The number of hydrogen-bond acceptors (Lipinski definition) is 5. The molecule has 5 heteroatoms. The van der Waals surface area contributed by atoms with Crippen LogP contribution in [-0.2, 0) is 6.54 Å². The van der Waals surface area contributed by atoms with Crippen molar-refractivity contribution in [3.63, 3.8) is 0 Å². The molecule has 1 aliphatic rings. The SMILES string of the molecule is C=C/C=C(\C(=C/C)NCc1ccc2nccnc2c1)N1CCN(CC)CC1.[HH]. The van der Waals surface area contributed by atoms with E-state index in [9.17, 15) is 0 Å². The maximum absolute atomic E-state index is 4.40. The summed E-state index contributed by atoms with van der Waals surface area (Å²) >= 11 is 0. The molecule has 1 saturated heterocycles. The van der Waals surface area contributed by atoms with Crippen LogP contribution in [0.5, 0.6) is 0 Å². The van der Waals surface area contributed by atoms with Crippen molar-refractivity contribution in [3.05, 3.63) is 72.4 Å². The fraction of sp³-hybridized carbons (Fsp3) is 0.364. The second-order valence-electron chi connectivity index (χ2n) is 6.64.